The highest BCUT2D eigenvalue weighted by Gasteiger charge is 2.28. The van der Waals surface area contributed by atoms with Crippen molar-refractivity contribution in [3.05, 3.63) is 62.7 Å². The molecule has 2 aliphatic rings. The Morgan fingerprint density at radius 3 is 2.54 bits per heavy atom. The number of amidine groups is 1. The monoisotopic (exact) mass is 383 g/mol. The van der Waals surface area contributed by atoms with Crippen molar-refractivity contribution in [2.75, 3.05) is 26.2 Å². The molecular weight excluding hydrogens is 362 g/mol. The smallest absolute Gasteiger partial charge is 0.286 e. The van der Waals surface area contributed by atoms with Crippen LogP contribution in [0.15, 0.2) is 52.4 Å². The van der Waals surface area contributed by atoms with E-state index in [0.29, 0.717) is 0 Å². The Hall–Kier alpha value is -1.89. The van der Waals surface area contributed by atoms with Crippen molar-refractivity contribution in [2.24, 2.45) is 4.99 Å². The maximum atomic E-state index is 12.2. The lowest BCUT2D eigenvalue weighted by Crippen LogP contribution is -2.47. The van der Waals surface area contributed by atoms with Crippen molar-refractivity contribution in [3.8, 4) is 0 Å². The second-order valence-electron chi connectivity index (χ2n) is 6.51. The molecule has 2 aromatic rings. The number of aliphatic imine (C=N–C) groups is 1. The van der Waals surface area contributed by atoms with Crippen molar-refractivity contribution in [2.45, 2.75) is 13.5 Å². The third-order valence-corrected chi connectivity index (χ3v) is 6.53. The summed E-state index contributed by atoms with van der Waals surface area (Å²) in [5, 5.41) is 0.855. The lowest BCUT2D eigenvalue weighted by molar-refractivity contribution is -0.113. The van der Waals surface area contributed by atoms with Gasteiger partial charge in [0, 0.05) is 42.5 Å². The minimum absolute atomic E-state index is 0.109. The average Bonchev–Trinajstić information content (AvgIpc) is 3.23. The molecule has 0 bridgehead atoms. The average molecular weight is 384 g/mol. The lowest BCUT2D eigenvalue weighted by Gasteiger charge is -2.35. The zero-order chi connectivity index (χ0) is 17.9. The first-order valence-corrected chi connectivity index (χ1v) is 10.4. The number of thiophene rings is 1. The van der Waals surface area contributed by atoms with Crippen LogP contribution in [0.4, 0.5) is 0 Å². The number of rotatable bonds is 3. The summed E-state index contributed by atoms with van der Waals surface area (Å²) in [5.41, 5.74) is 1.35. The molecule has 1 amide bonds. The first-order valence-electron chi connectivity index (χ1n) is 8.77. The first-order chi connectivity index (χ1) is 12.7. The number of hydrogen-bond acceptors (Lipinski definition) is 5. The summed E-state index contributed by atoms with van der Waals surface area (Å²) in [7, 11) is 0. The standard InChI is InChI=1S/C20H21N3OS2/c1-15-7-8-17(25-15)13-18-19(24)21-20(26-18)23-11-9-22(10-12-23)14-16-5-3-2-4-6-16/h2-8,13H,9-12,14H2,1H3/b18-13-. The summed E-state index contributed by atoms with van der Waals surface area (Å²) in [6, 6.07) is 14.7. The van der Waals surface area contributed by atoms with Crippen molar-refractivity contribution in [1.82, 2.24) is 9.80 Å². The number of aryl methyl sites for hydroxylation is 1. The van der Waals surface area contributed by atoms with E-state index in [-0.39, 0.29) is 5.91 Å². The molecule has 0 spiro atoms. The Balaban J connectivity index is 1.34. The van der Waals surface area contributed by atoms with E-state index in [1.807, 2.05) is 6.08 Å². The Morgan fingerprint density at radius 2 is 1.85 bits per heavy atom. The summed E-state index contributed by atoms with van der Waals surface area (Å²) in [6.07, 6.45) is 1.97. The Labute approximate surface area is 162 Å². The van der Waals surface area contributed by atoms with Gasteiger partial charge in [-0.05, 0) is 42.5 Å². The highest BCUT2D eigenvalue weighted by molar-refractivity contribution is 8.18. The van der Waals surface area contributed by atoms with E-state index in [0.717, 1.165) is 47.7 Å². The van der Waals surface area contributed by atoms with E-state index in [2.05, 4.69) is 64.2 Å². The molecule has 134 valence electrons. The second kappa shape index (κ2) is 7.78. The molecule has 1 aromatic carbocycles. The van der Waals surface area contributed by atoms with Crippen molar-refractivity contribution in [3.63, 3.8) is 0 Å². The van der Waals surface area contributed by atoms with Crippen LogP contribution in [0.3, 0.4) is 0 Å². The van der Waals surface area contributed by atoms with Crippen LogP contribution in [0, 0.1) is 6.92 Å². The Kier molecular flexibility index (Phi) is 5.24. The zero-order valence-electron chi connectivity index (χ0n) is 14.7. The van der Waals surface area contributed by atoms with Gasteiger partial charge >= 0.3 is 0 Å². The van der Waals surface area contributed by atoms with Gasteiger partial charge in [0.15, 0.2) is 5.17 Å². The summed E-state index contributed by atoms with van der Waals surface area (Å²) in [4.78, 5) is 24.3. The van der Waals surface area contributed by atoms with Crippen LogP contribution in [0.5, 0.6) is 0 Å². The Bertz CT molecular complexity index is 849. The summed E-state index contributed by atoms with van der Waals surface area (Å²) in [5.74, 6) is -0.109. The fourth-order valence-electron chi connectivity index (χ4n) is 3.13. The largest absolute Gasteiger partial charge is 0.348 e. The molecule has 3 heterocycles. The third-order valence-electron chi connectivity index (χ3n) is 4.54. The molecule has 1 saturated heterocycles. The van der Waals surface area contributed by atoms with Crippen LogP contribution in [0.1, 0.15) is 15.3 Å². The fraction of sp³-hybridized carbons (Fsp3) is 0.300. The van der Waals surface area contributed by atoms with Crippen LogP contribution in [-0.4, -0.2) is 47.1 Å². The molecule has 1 fully saturated rings. The maximum Gasteiger partial charge on any atom is 0.286 e. The van der Waals surface area contributed by atoms with E-state index in [9.17, 15) is 4.79 Å². The number of carbonyl (C=O) groups excluding carboxylic acids is 1. The van der Waals surface area contributed by atoms with Gasteiger partial charge in [0.05, 0.1) is 4.91 Å². The molecule has 0 N–H and O–H groups in total. The van der Waals surface area contributed by atoms with Gasteiger partial charge < -0.3 is 4.90 Å². The molecule has 26 heavy (non-hydrogen) atoms. The number of amides is 1. The predicted octanol–water partition coefficient (Wildman–Crippen LogP) is 3.84. The van der Waals surface area contributed by atoms with Gasteiger partial charge in [-0.25, -0.2) is 0 Å². The zero-order valence-corrected chi connectivity index (χ0v) is 16.4. The van der Waals surface area contributed by atoms with Crippen molar-refractivity contribution >= 4 is 40.2 Å². The van der Waals surface area contributed by atoms with Crippen LogP contribution >= 0.6 is 23.1 Å². The maximum absolute atomic E-state index is 12.2. The highest BCUT2D eigenvalue weighted by Crippen LogP contribution is 2.32. The molecule has 4 nitrogen and oxygen atoms in total. The molecule has 2 aliphatic heterocycles. The van der Waals surface area contributed by atoms with Crippen LogP contribution < -0.4 is 0 Å². The van der Waals surface area contributed by atoms with E-state index in [1.54, 1.807) is 11.3 Å². The predicted molar refractivity (Wildman–Crippen MR) is 110 cm³/mol. The molecule has 4 rings (SSSR count). The van der Waals surface area contributed by atoms with Crippen molar-refractivity contribution in [1.29, 1.82) is 0 Å². The van der Waals surface area contributed by atoms with Crippen molar-refractivity contribution < 1.29 is 4.79 Å². The van der Waals surface area contributed by atoms with Crippen LogP contribution in [0.25, 0.3) is 6.08 Å². The van der Waals surface area contributed by atoms with Gasteiger partial charge in [-0.15, -0.1) is 11.3 Å². The molecule has 0 radical (unpaired) electrons. The molecule has 0 aliphatic carbocycles. The third kappa shape index (κ3) is 4.09. The number of nitrogens with zero attached hydrogens (tertiary/aromatic N) is 3. The number of hydrogen-bond donors (Lipinski definition) is 0. The van der Waals surface area contributed by atoms with E-state index >= 15 is 0 Å². The number of piperazine rings is 1. The van der Waals surface area contributed by atoms with Gasteiger partial charge in [-0.2, -0.15) is 4.99 Å². The molecule has 0 saturated carbocycles. The van der Waals surface area contributed by atoms with Gasteiger partial charge in [0.25, 0.3) is 5.91 Å². The molecule has 6 heteroatoms. The quantitative estimate of drug-likeness (QED) is 0.755. The normalized spacial score (nSPS) is 20.0. The summed E-state index contributed by atoms with van der Waals surface area (Å²) < 4.78 is 0. The van der Waals surface area contributed by atoms with E-state index < -0.39 is 0 Å². The molecule has 0 unspecified atom stereocenters. The van der Waals surface area contributed by atoms with Crippen LogP contribution in [-0.2, 0) is 11.3 Å². The number of thioether (sulfide) groups is 1. The summed E-state index contributed by atoms with van der Waals surface area (Å²) >= 11 is 3.21. The lowest BCUT2D eigenvalue weighted by atomic mass is 10.2. The van der Waals surface area contributed by atoms with Gasteiger partial charge in [-0.3, -0.25) is 9.69 Å². The topological polar surface area (TPSA) is 35.9 Å². The van der Waals surface area contributed by atoms with Gasteiger partial charge in [-0.1, -0.05) is 30.3 Å². The molecular formula is C20H21N3OS2. The summed E-state index contributed by atoms with van der Waals surface area (Å²) in [6.45, 7) is 6.87. The Morgan fingerprint density at radius 1 is 1.08 bits per heavy atom. The minimum Gasteiger partial charge on any atom is -0.348 e. The SMILES string of the molecule is Cc1ccc(/C=C2\SC(N3CCN(Cc4ccccc4)CC3)=NC2=O)s1. The number of benzene rings is 1. The molecule has 0 atom stereocenters. The highest BCUT2D eigenvalue weighted by atomic mass is 32.2. The van der Waals surface area contributed by atoms with Gasteiger partial charge in [0.1, 0.15) is 0 Å². The first kappa shape index (κ1) is 17.5. The fourth-order valence-corrected chi connectivity index (χ4v) is 4.98. The minimum atomic E-state index is -0.109. The number of carbonyl (C=O) groups is 1. The van der Waals surface area contributed by atoms with E-state index in [4.69, 9.17) is 0 Å². The van der Waals surface area contributed by atoms with Crippen LogP contribution in [0.2, 0.25) is 0 Å². The molecule has 1 aromatic heterocycles. The van der Waals surface area contributed by atoms with Gasteiger partial charge in [0.2, 0.25) is 0 Å². The van der Waals surface area contributed by atoms with E-state index in [1.165, 1.54) is 22.2 Å². The second-order valence-corrected chi connectivity index (χ2v) is 8.84.